The smallest absolute Gasteiger partial charge is 0.332 e. The molecule has 0 bridgehead atoms. The second-order valence-corrected chi connectivity index (χ2v) is 10.3. The van der Waals surface area contributed by atoms with Crippen molar-refractivity contribution in [2.75, 3.05) is 36.0 Å². The lowest BCUT2D eigenvalue weighted by Gasteiger charge is -2.37. The second-order valence-electron chi connectivity index (χ2n) is 10.3. The molecule has 4 heterocycles. The Morgan fingerprint density at radius 2 is 1.63 bits per heavy atom. The Morgan fingerprint density at radius 1 is 0.902 bits per heavy atom. The number of aryl methyl sites for hydroxylation is 1. The van der Waals surface area contributed by atoms with E-state index in [2.05, 4.69) is 4.98 Å². The molecule has 41 heavy (non-hydrogen) atoms. The summed E-state index contributed by atoms with van der Waals surface area (Å²) in [5, 5.41) is 0. The molecule has 13 heteroatoms. The molecule has 4 aromatic rings. The number of hydrogen-bond donors (Lipinski definition) is 0. The van der Waals surface area contributed by atoms with Gasteiger partial charge in [0.15, 0.2) is 11.2 Å². The fraction of sp³-hybridized carbons (Fsp3) is 0.321. The first kappa shape index (κ1) is 26.6. The van der Waals surface area contributed by atoms with Crippen LogP contribution in [0, 0.1) is 11.6 Å². The van der Waals surface area contributed by atoms with E-state index in [-0.39, 0.29) is 29.8 Å². The molecular weight excluding hydrogens is 536 g/mol. The fourth-order valence-electron chi connectivity index (χ4n) is 5.64. The lowest BCUT2D eigenvalue weighted by atomic mass is 10.1. The van der Waals surface area contributed by atoms with Crippen LogP contribution in [0.25, 0.3) is 11.2 Å². The molecule has 0 radical (unpaired) electrons. The van der Waals surface area contributed by atoms with Crippen LogP contribution in [0.4, 0.5) is 20.4 Å². The standard InChI is InChI=1S/C28H27F2N7O4/c1-32-24-23(26(40)33(2)28(32)41)36(16-17-6-3-4-9-20(17)30)27(31-24)35-12-10-34(11-13-35)21-15-22(38)37(25(21)39)19-8-5-7-18(29)14-19/h3-9,14,21H,10-13,15-16H2,1-2H3. The van der Waals surface area contributed by atoms with Crippen molar-refractivity contribution in [3.8, 4) is 0 Å². The number of fused-ring (bicyclic) bond motifs is 1. The molecule has 2 saturated heterocycles. The molecule has 0 spiro atoms. The van der Waals surface area contributed by atoms with Gasteiger partial charge in [-0.2, -0.15) is 4.98 Å². The number of rotatable bonds is 5. The molecule has 0 aliphatic carbocycles. The summed E-state index contributed by atoms with van der Waals surface area (Å²) >= 11 is 0. The van der Waals surface area contributed by atoms with Crippen molar-refractivity contribution >= 4 is 34.6 Å². The molecule has 212 valence electrons. The molecule has 2 amide bonds. The van der Waals surface area contributed by atoms with Crippen molar-refractivity contribution in [3.63, 3.8) is 0 Å². The Kier molecular flexibility index (Phi) is 6.53. The summed E-state index contributed by atoms with van der Waals surface area (Å²) in [5.41, 5.74) is -0.136. The van der Waals surface area contributed by atoms with Crippen LogP contribution in [0.5, 0.6) is 0 Å². The van der Waals surface area contributed by atoms with Gasteiger partial charge in [0, 0.05) is 45.8 Å². The van der Waals surface area contributed by atoms with Crippen LogP contribution < -0.4 is 21.0 Å². The normalized spacial score (nSPS) is 18.2. The maximum atomic E-state index is 14.7. The highest BCUT2D eigenvalue weighted by Crippen LogP contribution is 2.28. The van der Waals surface area contributed by atoms with Gasteiger partial charge in [-0.05, 0) is 24.3 Å². The Morgan fingerprint density at radius 3 is 2.34 bits per heavy atom. The number of carbonyl (C=O) groups excluding carboxylic acids is 2. The minimum absolute atomic E-state index is 0.0146. The van der Waals surface area contributed by atoms with Crippen molar-refractivity contribution in [1.82, 2.24) is 23.6 Å². The Labute approximate surface area is 232 Å². The average molecular weight is 564 g/mol. The number of imide groups is 1. The summed E-state index contributed by atoms with van der Waals surface area (Å²) in [4.78, 5) is 61.4. The number of hydrogen-bond acceptors (Lipinski definition) is 7. The van der Waals surface area contributed by atoms with Crippen LogP contribution in [0.3, 0.4) is 0 Å². The molecule has 2 aliphatic heterocycles. The minimum Gasteiger partial charge on any atom is -0.340 e. The molecule has 1 atom stereocenters. The lowest BCUT2D eigenvalue weighted by Crippen LogP contribution is -2.53. The maximum Gasteiger partial charge on any atom is 0.332 e. The van der Waals surface area contributed by atoms with Crippen LogP contribution in [0.2, 0.25) is 0 Å². The van der Waals surface area contributed by atoms with Crippen LogP contribution in [-0.2, 0) is 30.2 Å². The highest BCUT2D eigenvalue weighted by Gasteiger charge is 2.43. The second kappa shape index (κ2) is 10.1. The van der Waals surface area contributed by atoms with Crippen LogP contribution in [0.15, 0.2) is 58.1 Å². The van der Waals surface area contributed by atoms with Crippen LogP contribution in [0.1, 0.15) is 12.0 Å². The molecule has 11 nitrogen and oxygen atoms in total. The first-order chi connectivity index (χ1) is 19.7. The molecular formula is C28H27F2N7O4. The molecule has 2 aromatic heterocycles. The molecule has 0 saturated carbocycles. The average Bonchev–Trinajstić information content (AvgIpc) is 3.48. The van der Waals surface area contributed by atoms with Crippen molar-refractivity contribution in [1.29, 1.82) is 0 Å². The highest BCUT2D eigenvalue weighted by molar-refractivity contribution is 6.22. The zero-order valence-electron chi connectivity index (χ0n) is 22.5. The molecule has 2 aliphatic rings. The van der Waals surface area contributed by atoms with E-state index in [1.807, 2.05) is 9.80 Å². The number of aromatic nitrogens is 4. The zero-order valence-corrected chi connectivity index (χ0v) is 22.5. The maximum absolute atomic E-state index is 14.7. The number of nitrogens with zero attached hydrogens (tertiary/aromatic N) is 7. The number of anilines is 2. The van der Waals surface area contributed by atoms with E-state index in [0.717, 1.165) is 15.5 Å². The van der Waals surface area contributed by atoms with Gasteiger partial charge in [0.05, 0.1) is 24.7 Å². The fourth-order valence-corrected chi connectivity index (χ4v) is 5.64. The Bertz CT molecular complexity index is 1820. The number of halogens is 2. The molecule has 0 N–H and O–H groups in total. The number of imidazole rings is 1. The number of benzene rings is 2. The van der Waals surface area contributed by atoms with E-state index in [0.29, 0.717) is 37.7 Å². The minimum atomic E-state index is -0.682. The van der Waals surface area contributed by atoms with Gasteiger partial charge in [-0.25, -0.2) is 18.5 Å². The predicted molar refractivity (Wildman–Crippen MR) is 147 cm³/mol. The van der Waals surface area contributed by atoms with Crippen molar-refractivity contribution in [2.45, 2.75) is 19.0 Å². The topological polar surface area (TPSA) is 106 Å². The molecule has 6 rings (SSSR count). The number of carbonyl (C=O) groups is 2. The van der Waals surface area contributed by atoms with Gasteiger partial charge in [0.2, 0.25) is 11.9 Å². The molecule has 2 fully saturated rings. The van der Waals surface area contributed by atoms with Crippen molar-refractivity contribution < 1.29 is 18.4 Å². The van der Waals surface area contributed by atoms with Gasteiger partial charge < -0.3 is 4.90 Å². The predicted octanol–water partition coefficient (Wildman–Crippen LogP) is 1.21. The van der Waals surface area contributed by atoms with Crippen molar-refractivity contribution in [2.24, 2.45) is 14.1 Å². The lowest BCUT2D eigenvalue weighted by molar-refractivity contribution is -0.123. The van der Waals surface area contributed by atoms with Crippen LogP contribution in [-0.4, -0.2) is 67.6 Å². The van der Waals surface area contributed by atoms with E-state index in [1.165, 1.54) is 42.9 Å². The third-order valence-electron chi connectivity index (χ3n) is 7.84. The molecule has 1 unspecified atom stereocenters. The van der Waals surface area contributed by atoms with E-state index < -0.39 is 40.7 Å². The van der Waals surface area contributed by atoms with Gasteiger partial charge in [0.25, 0.3) is 11.5 Å². The quantitative estimate of drug-likeness (QED) is 0.336. The Hall–Kier alpha value is -4.65. The van der Waals surface area contributed by atoms with Gasteiger partial charge in [-0.1, -0.05) is 24.3 Å². The Balaban J connectivity index is 1.30. The van der Waals surface area contributed by atoms with Crippen molar-refractivity contribution in [3.05, 3.63) is 86.6 Å². The summed E-state index contributed by atoms with van der Waals surface area (Å²) in [6.45, 7) is 1.62. The van der Waals surface area contributed by atoms with Gasteiger partial charge in [0.1, 0.15) is 11.6 Å². The third-order valence-corrected chi connectivity index (χ3v) is 7.84. The monoisotopic (exact) mass is 563 g/mol. The summed E-state index contributed by atoms with van der Waals surface area (Å²) in [6.07, 6.45) is -0.0146. The number of amides is 2. The third kappa shape index (κ3) is 4.42. The van der Waals surface area contributed by atoms with E-state index in [4.69, 9.17) is 0 Å². The zero-order chi connectivity index (χ0) is 29.0. The van der Waals surface area contributed by atoms with E-state index in [9.17, 15) is 28.0 Å². The molecule has 2 aromatic carbocycles. The van der Waals surface area contributed by atoms with Gasteiger partial charge in [-0.3, -0.25) is 33.0 Å². The van der Waals surface area contributed by atoms with Crippen LogP contribution >= 0.6 is 0 Å². The summed E-state index contributed by atoms with van der Waals surface area (Å²) < 4.78 is 32.3. The SMILES string of the molecule is Cn1c(=O)c2c(nc(N3CCN(C4CC(=O)N(c5cccc(F)c5)C4=O)CC3)n2Cc2ccccc2F)n(C)c1=O. The summed E-state index contributed by atoms with van der Waals surface area (Å²) in [5.74, 6) is -1.36. The number of piperazine rings is 1. The van der Waals surface area contributed by atoms with E-state index >= 15 is 0 Å². The van der Waals surface area contributed by atoms with Gasteiger partial charge >= 0.3 is 5.69 Å². The summed E-state index contributed by atoms with van der Waals surface area (Å²) in [6, 6.07) is 11.0. The first-order valence-corrected chi connectivity index (χ1v) is 13.2. The van der Waals surface area contributed by atoms with Gasteiger partial charge in [-0.15, -0.1) is 0 Å². The highest BCUT2D eigenvalue weighted by atomic mass is 19.1. The summed E-state index contributed by atoms with van der Waals surface area (Å²) in [7, 11) is 2.91. The van der Waals surface area contributed by atoms with E-state index in [1.54, 1.807) is 22.8 Å². The first-order valence-electron chi connectivity index (χ1n) is 13.2. The largest absolute Gasteiger partial charge is 0.340 e.